The Morgan fingerprint density at radius 3 is 1.03 bits per heavy atom. The van der Waals surface area contributed by atoms with E-state index in [0.29, 0.717) is 24.4 Å². The van der Waals surface area contributed by atoms with Crippen LogP contribution >= 0.6 is 0 Å². The van der Waals surface area contributed by atoms with Gasteiger partial charge in [-0.25, -0.2) is 9.59 Å². The molecular weight excluding hydrogens is 424 g/mol. The molecule has 34 heavy (non-hydrogen) atoms. The number of carbonyl (C=O) groups excluding carboxylic acids is 2. The molecule has 0 heterocycles. The Bertz CT molecular complexity index is 510. The lowest BCUT2D eigenvalue weighted by Gasteiger charge is -2.05. The molecule has 0 rings (SSSR count). The Morgan fingerprint density at radius 2 is 0.735 bits per heavy atom. The summed E-state index contributed by atoms with van der Waals surface area (Å²) in [6, 6.07) is 0. The van der Waals surface area contributed by atoms with Crippen molar-refractivity contribution in [1.29, 1.82) is 0 Å². The Kier molecular flexibility index (Phi) is 28.1. The van der Waals surface area contributed by atoms with Gasteiger partial charge in [0.2, 0.25) is 0 Å². The van der Waals surface area contributed by atoms with Crippen LogP contribution in [0.25, 0.3) is 0 Å². The summed E-state index contributed by atoms with van der Waals surface area (Å²) in [5.41, 5.74) is 0.961. The summed E-state index contributed by atoms with van der Waals surface area (Å²) < 4.78 is 9.89. The first-order chi connectivity index (χ1) is 16.4. The van der Waals surface area contributed by atoms with E-state index in [9.17, 15) is 9.59 Å². The summed E-state index contributed by atoms with van der Waals surface area (Å²) in [7, 11) is 0. The SMILES string of the molecule is C=C(C)C(=O)OCCCC.C=C(C)C(=O)OCCCCCCCCCCCCCCCCCC. The monoisotopic (exact) mass is 480 g/mol. The van der Waals surface area contributed by atoms with E-state index in [-0.39, 0.29) is 11.9 Å². The molecule has 0 aromatic heterocycles. The molecule has 0 spiro atoms. The number of unbranched alkanes of at least 4 members (excludes halogenated alkanes) is 16. The van der Waals surface area contributed by atoms with Gasteiger partial charge in [0.05, 0.1) is 13.2 Å². The minimum absolute atomic E-state index is 0.254. The molecule has 0 N–H and O–H groups in total. The summed E-state index contributed by atoms with van der Waals surface area (Å²) in [5.74, 6) is -0.538. The number of hydrogen-bond donors (Lipinski definition) is 0. The van der Waals surface area contributed by atoms with Crippen molar-refractivity contribution in [2.45, 2.75) is 143 Å². The molecule has 0 aliphatic rings. The van der Waals surface area contributed by atoms with Gasteiger partial charge in [-0.05, 0) is 26.7 Å². The van der Waals surface area contributed by atoms with Crippen molar-refractivity contribution in [1.82, 2.24) is 0 Å². The highest BCUT2D eigenvalue weighted by Gasteiger charge is 2.02. The second kappa shape index (κ2) is 27.7. The molecule has 0 fully saturated rings. The topological polar surface area (TPSA) is 52.6 Å². The average molecular weight is 481 g/mol. The number of hydrogen-bond acceptors (Lipinski definition) is 4. The first-order valence-electron chi connectivity index (χ1n) is 14.0. The zero-order valence-corrected chi connectivity index (χ0v) is 23.2. The van der Waals surface area contributed by atoms with Gasteiger partial charge in [-0.15, -0.1) is 0 Å². The van der Waals surface area contributed by atoms with Crippen LogP contribution in [0.1, 0.15) is 143 Å². The third kappa shape index (κ3) is 28.5. The number of ether oxygens (including phenoxy) is 2. The summed E-state index contributed by atoms with van der Waals surface area (Å²) in [6.45, 7) is 15.8. The molecule has 0 saturated heterocycles. The van der Waals surface area contributed by atoms with E-state index >= 15 is 0 Å². The van der Waals surface area contributed by atoms with Crippen LogP contribution < -0.4 is 0 Å². The first-order valence-corrected chi connectivity index (χ1v) is 14.0. The van der Waals surface area contributed by atoms with Crippen molar-refractivity contribution in [3.63, 3.8) is 0 Å². The molecule has 0 saturated carbocycles. The lowest BCUT2D eigenvalue weighted by Crippen LogP contribution is -2.05. The highest BCUT2D eigenvalue weighted by Crippen LogP contribution is 2.13. The van der Waals surface area contributed by atoms with E-state index in [1.807, 2.05) is 0 Å². The minimum Gasteiger partial charge on any atom is -0.462 e. The maximum absolute atomic E-state index is 11.2. The van der Waals surface area contributed by atoms with Crippen molar-refractivity contribution in [2.24, 2.45) is 0 Å². The molecule has 0 amide bonds. The lowest BCUT2D eigenvalue weighted by atomic mass is 10.0. The molecule has 0 atom stereocenters. The zero-order chi connectivity index (χ0) is 25.9. The second-order valence-corrected chi connectivity index (χ2v) is 9.49. The van der Waals surface area contributed by atoms with Gasteiger partial charge < -0.3 is 9.47 Å². The second-order valence-electron chi connectivity index (χ2n) is 9.49. The van der Waals surface area contributed by atoms with E-state index < -0.39 is 0 Å². The molecular formula is C30H56O4. The fourth-order valence-corrected chi connectivity index (χ4v) is 3.37. The fourth-order valence-electron chi connectivity index (χ4n) is 3.37. The third-order valence-electron chi connectivity index (χ3n) is 5.66. The Labute approximate surface area is 211 Å². The fraction of sp³-hybridized carbons (Fsp3) is 0.800. The molecule has 4 heteroatoms. The van der Waals surface area contributed by atoms with Gasteiger partial charge >= 0.3 is 11.9 Å². The molecule has 0 bridgehead atoms. The van der Waals surface area contributed by atoms with Gasteiger partial charge in [0.1, 0.15) is 0 Å². The summed E-state index contributed by atoms with van der Waals surface area (Å²) >= 11 is 0. The quantitative estimate of drug-likeness (QED) is 0.0880. The molecule has 0 radical (unpaired) electrons. The van der Waals surface area contributed by atoms with Gasteiger partial charge in [-0.2, -0.15) is 0 Å². The minimum atomic E-state index is -0.284. The largest absolute Gasteiger partial charge is 0.462 e. The summed E-state index contributed by atoms with van der Waals surface area (Å²) in [5, 5.41) is 0. The van der Waals surface area contributed by atoms with Crippen molar-refractivity contribution in [2.75, 3.05) is 13.2 Å². The predicted octanol–water partition coefficient (Wildman–Crippen LogP) is 9.27. The third-order valence-corrected chi connectivity index (χ3v) is 5.66. The number of rotatable bonds is 22. The van der Waals surface area contributed by atoms with Crippen LogP contribution in [0.4, 0.5) is 0 Å². The van der Waals surface area contributed by atoms with E-state index in [1.54, 1.807) is 13.8 Å². The van der Waals surface area contributed by atoms with Gasteiger partial charge in [0.25, 0.3) is 0 Å². The summed E-state index contributed by atoms with van der Waals surface area (Å²) in [6.07, 6.45) is 23.7. The van der Waals surface area contributed by atoms with E-state index in [0.717, 1.165) is 19.3 Å². The molecule has 0 unspecified atom stereocenters. The Balaban J connectivity index is 0. The van der Waals surface area contributed by atoms with Crippen molar-refractivity contribution in [3.8, 4) is 0 Å². The van der Waals surface area contributed by atoms with Gasteiger partial charge in [0.15, 0.2) is 0 Å². The summed E-state index contributed by atoms with van der Waals surface area (Å²) in [4.78, 5) is 21.9. The van der Waals surface area contributed by atoms with Crippen LogP contribution in [0, 0.1) is 0 Å². The zero-order valence-electron chi connectivity index (χ0n) is 23.2. The van der Waals surface area contributed by atoms with Crippen LogP contribution in [0.5, 0.6) is 0 Å². The highest BCUT2D eigenvalue weighted by molar-refractivity contribution is 5.87. The normalized spacial score (nSPS) is 10.2. The van der Waals surface area contributed by atoms with Gasteiger partial charge in [-0.3, -0.25) is 0 Å². The van der Waals surface area contributed by atoms with Gasteiger partial charge in [0, 0.05) is 11.1 Å². The van der Waals surface area contributed by atoms with Crippen LogP contribution in [-0.2, 0) is 19.1 Å². The molecule has 0 aliphatic heterocycles. The number of carbonyl (C=O) groups is 2. The van der Waals surface area contributed by atoms with E-state index in [2.05, 4.69) is 27.0 Å². The Hall–Kier alpha value is -1.58. The highest BCUT2D eigenvalue weighted by atomic mass is 16.5. The molecule has 4 nitrogen and oxygen atoms in total. The Morgan fingerprint density at radius 1 is 0.471 bits per heavy atom. The van der Waals surface area contributed by atoms with Gasteiger partial charge in [-0.1, -0.05) is 130 Å². The van der Waals surface area contributed by atoms with Crippen LogP contribution in [-0.4, -0.2) is 25.2 Å². The van der Waals surface area contributed by atoms with Crippen molar-refractivity contribution in [3.05, 3.63) is 24.3 Å². The van der Waals surface area contributed by atoms with Crippen LogP contribution in [0.15, 0.2) is 24.3 Å². The number of esters is 2. The first kappa shape index (κ1) is 34.6. The lowest BCUT2D eigenvalue weighted by molar-refractivity contribution is -0.139. The maximum Gasteiger partial charge on any atom is 0.333 e. The predicted molar refractivity (Wildman–Crippen MR) is 146 cm³/mol. The smallest absolute Gasteiger partial charge is 0.333 e. The van der Waals surface area contributed by atoms with E-state index in [4.69, 9.17) is 9.47 Å². The standard InChI is InChI=1S/C22H42O2.C8H14O2/c1-4-5-6-7-8-9-10-11-12-13-14-15-16-17-18-19-20-24-22(23)21(2)3;1-4-5-6-10-8(9)7(2)3/h2,4-20H2,1,3H3;2,4-6H2,1,3H3. The van der Waals surface area contributed by atoms with Crippen molar-refractivity contribution >= 4 is 11.9 Å². The average Bonchev–Trinajstić information content (AvgIpc) is 2.81. The van der Waals surface area contributed by atoms with Crippen LogP contribution in [0.3, 0.4) is 0 Å². The molecule has 200 valence electrons. The van der Waals surface area contributed by atoms with Crippen molar-refractivity contribution < 1.29 is 19.1 Å². The van der Waals surface area contributed by atoms with E-state index in [1.165, 1.54) is 96.3 Å². The maximum atomic E-state index is 11.2. The molecule has 0 aromatic carbocycles. The molecule has 0 aromatic rings. The van der Waals surface area contributed by atoms with Crippen LogP contribution in [0.2, 0.25) is 0 Å². The molecule has 0 aliphatic carbocycles.